The van der Waals surface area contributed by atoms with Gasteiger partial charge in [0.2, 0.25) is 11.8 Å². The first-order valence-electron chi connectivity index (χ1n) is 9.12. The number of nitrogens with one attached hydrogen (secondary N) is 2. The van der Waals surface area contributed by atoms with E-state index >= 15 is 0 Å². The fraction of sp³-hybridized carbons (Fsp3) is 0.833. The Morgan fingerprint density at radius 2 is 1.75 bits per heavy atom. The molecule has 1 rings (SSSR count). The largest absolute Gasteiger partial charge is 0.465 e. The molecule has 6 nitrogen and oxygen atoms in total. The highest BCUT2D eigenvalue weighted by atomic mass is 16.5. The molecule has 2 atom stereocenters. The average Bonchev–Trinajstić information content (AvgIpc) is 2.57. The highest BCUT2D eigenvalue weighted by molar-refractivity contribution is 5.90. The lowest BCUT2D eigenvalue weighted by Crippen LogP contribution is -2.52. The zero-order chi connectivity index (χ0) is 18.1. The Balaban J connectivity index is 2.59. The van der Waals surface area contributed by atoms with Gasteiger partial charge in [-0.05, 0) is 44.4 Å². The van der Waals surface area contributed by atoms with Crippen LogP contribution >= 0.6 is 0 Å². The summed E-state index contributed by atoms with van der Waals surface area (Å²) in [5.74, 6) is -0.175. The van der Waals surface area contributed by atoms with Crippen LogP contribution in [-0.4, -0.2) is 37.0 Å². The molecule has 2 amide bonds. The van der Waals surface area contributed by atoms with E-state index in [9.17, 15) is 14.4 Å². The molecule has 0 saturated heterocycles. The topological polar surface area (TPSA) is 84.5 Å². The maximum atomic E-state index is 12.5. The van der Waals surface area contributed by atoms with E-state index in [-0.39, 0.29) is 36.8 Å². The van der Waals surface area contributed by atoms with Gasteiger partial charge in [-0.3, -0.25) is 14.4 Å². The molecule has 6 heteroatoms. The predicted molar refractivity (Wildman–Crippen MR) is 92.2 cm³/mol. The second-order valence-corrected chi connectivity index (χ2v) is 6.85. The molecule has 0 heterocycles. The summed E-state index contributed by atoms with van der Waals surface area (Å²) < 4.78 is 4.80. The Bertz CT molecular complexity index is 431. The maximum Gasteiger partial charge on any atom is 0.325 e. The summed E-state index contributed by atoms with van der Waals surface area (Å²) in [5.41, 5.74) is 0. The first kappa shape index (κ1) is 20.5. The molecule has 1 saturated carbocycles. The van der Waals surface area contributed by atoms with Gasteiger partial charge in [-0.25, -0.2) is 0 Å². The molecule has 138 valence electrons. The monoisotopic (exact) mass is 340 g/mol. The van der Waals surface area contributed by atoms with Crippen molar-refractivity contribution in [1.82, 2.24) is 10.6 Å². The minimum Gasteiger partial charge on any atom is -0.465 e. The highest BCUT2D eigenvalue weighted by Crippen LogP contribution is 2.28. The van der Waals surface area contributed by atoms with Crippen LogP contribution in [0.3, 0.4) is 0 Å². The van der Waals surface area contributed by atoms with Crippen molar-refractivity contribution < 1.29 is 19.1 Å². The zero-order valence-corrected chi connectivity index (χ0v) is 15.4. The molecule has 0 aromatic heterocycles. The van der Waals surface area contributed by atoms with Crippen LogP contribution in [0, 0.1) is 17.8 Å². The average molecular weight is 340 g/mol. The van der Waals surface area contributed by atoms with Gasteiger partial charge in [-0.1, -0.05) is 27.2 Å². The Morgan fingerprint density at radius 3 is 2.29 bits per heavy atom. The molecular weight excluding hydrogens is 308 g/mol. The Morgan fingerprint density at radius 1 is 1.12 bits per heavy atom. The third-order valence-corrected chi connectivity index (χ3v) is 4.89. The van der Waals surface area contributed by atoms with Gasteiger partial charge in [0.05, 0.1) is 6.61 Å². The molecule has 0 aromatic rings. The number of hydrogen-bond donors (Lipinski definition) is 2. The smallest absolute Gasteiger partial charge is 0.325 e. The Hall–Kier alpha value is -1.59. The number of carbonyl (C=O) groups is 3. The number of hydrogen-bond acceptors (Lipinski definition) is 4. The SMILES string of the molecule is CCOC(=O)CNC(=O)[C@H](NC(=O)C1CCC(C)CC1)[C@H](C)CC. The van der Waals surface area contributed by atoms with Gasteiger partial charge in [-0.2, -0.15) is 0 Å². The number of esters is 1. The summed E-state index contributed by atoms with van der Waals surface area (Å²) in [4.78, 5) is 36.3. The first-order chi connectivity index (χ1) is 11.4. The molecule has 0 spiro atoms. The summed E-state index contributed by atoms with van der Waals surface area (Å²) >= 11 is 0. The van der Waals surface area contributed by atoms with Crippen LogP contribution in [0.4, 0.5) is 0 Å². The number of rotatable bonds is 8. The van der Waals surface area contributed by atoms with Crippen molar-refractivity contribution in [2.75, 3.05) is 13.2 Å². The van der Waals surface area contributed by atoms with Crippen molar-refractivity contribution >= 4 is 17.8 Å². The third kappa shape index (κ3) is 6.49. The standard InChI is InChI=1S/C18H32N2O4/c1-5-13(4)16(18(23)19-11-15(21)24-6-2)20-17(22)14-9-7-12(3)8-10-14/h12-14,16H,5-11H2,1-4H3,(H,19,23)(H,20,22)/t12?,13-,14?,16-/m1/s1. The second kappa shape index (κ2) is 10.3. The molecule has 0 aliphatic heterocycles. The van der Waals surface area contributed by atoms with E-state index < -0.39 is 12.0 Å². The fourth-order valence-corrected chi connectivity index (χ4v) is 2.98. The minimum atomic E-state index is -0.615. The number of amides is 2. The van der Waals surface area contributed by atoms with Crippen LogP contribution in [-0.2, 0) is 19.1 Å². The lowest BCUT2D eigenvalue weighted by molar-refractivity contribution is -0.143. The first-order valence-corrected chi connectivity index (χ1v) is 9.12. The fourth-order valence-electron chi connectivity index (χ4n) is 2.98. The Kier molecular flexibility index (Phi) is 8.79. The van der Waals surface area contributed by atoms with Crippen molar-refractivity contribution in [3.63, 3.8) is 0 Å². The van der Waals surface area contributed by atoms with Crippen molar-refractivity contribution in [1.29, 1.82) is 0 Å². The van der Waals surface area contributed by atoms with Gasteiger partial charge < -0.3 is 15.4 Å². The summed E-state index contributed by atoms with van der Waals surface area (Å²) in [7, 11) is 0. The molecule has 0 radical (unpaired) electrons. The van der Waals surface area contributed by atoms with Crippen LogP contribution in [0.5, 0.6) is 0 Å². The van der Waals surface area contributed by atoms with Crippen LogP contribution in [0.2, 0.25) is 0 Å². The van der Waals surface area contributed by atoms with Crippen LogP contribution < -0.4 is 10.6 Å². The molecule has 1 fully saturated rings. The van der Waals surface area contributed by atoms with E-state index in [2.05, 4.69) is 17.6 Å². The van der Waals surface area contributed by atoms with Gasteiger partial charge in [0.15, 0.2) is 0 Å². The molecule has 0 unspecified atom stereocenters. The molecular formula is C18H32N2O4. The quantitative estimate of drug-likeness (QED) is 0.662. The summed E-state index contributed by atoms with van der Waals surface area (Å²) in [6.45, 7) is 7.94. The van der Waals surface area contributed by atoms with E-state index in [4.69, 9.17) is 4.74 Å². The Labute approximate surface area is 145 Å². The predicted octanol–water partition coefficient (Wildman–Crippen LogP) is 2.02. The van der Waals surface area contributed by atoms with Crippen molar-refractivity contribution in [2.45, 2.75) is 65.8 Å². The van der Waals surface area contributed by atoms with Gasteiger partial charge in [0, 0.05) is 5.92 Å². The second-order valence-electron chi connectivity index (χ2n) is 6.85. The molecule has 0 bridgehead atoms. The van der Waals surface area contributed by atoms with Crippen molar-refractivity contribution in [2.24, 2.45) is 17.8 Å². The summed E-state index contributed by atoms with van der Waals surface area (Å²) in [6.07, 6.45) is 4.64. The molecule has 1 aliphatic carbocycles. The van der Waals surface area contributed by atoms with E-state index in [1.54, 1.807) is 6.92 Å². The van der Waals surface area contributed by atoms with Gasteiger partial charge >= 0.3 is 5.97 Å². The maximum absolute atomic E-state index is 12.5. The van der Waals surface area contributed by atoms with E-state index in [1.807, 2.05) is 13.8 Å². The lowest BCUT2D eigenvalue weighted by Gasteiger charge is -2.29. The molecule has 0 aromatic carbocycles. The number of carbonyl (C=O) groups excluding carboxylic acids is 3. The van der Waals surface area contributed by atoms with Gasteiger partial charge in [0.1, 0.15) is 12.6 Å². The molecule has 2 N–H and O–H groups in total. The zero-order valence-electron chi connectivity index (χ0n) is 15.4. The van der Waals surface area contributed by atoms with Gasteiger partial charge in [-0.15, -0.1) is 0 Å². The van der Waals surface area contributed by atoms with E-state index in [0.717, 1.165) is 32.1 Å². The van der Waals surface area contributed by atoms with E-state index in [0.29, 0.717) is 5.92 Å². The molecule has 1 aliphatic rings. The van der Waals surface area contributed by atoms with Crippen LogP contribution in [0.1, 0.15) is 59.8 Å². The highest BCUT2D eigenvalue weighted by Gasteiger charge is 2.30. The van der Waals surface area contributed by atoms with Crippen LogP contribution in [0.25, 0.3) is 0 Å². The molecule has 24 heavy (non-hydrogen) atoms. The summed E-state index contributed by atoms with van der Waals surface area (Å²) in [6, 6.07) is -0.615. The van der Waals surface area contributed by atoms with Crippen LogP contribution in [0.15, 0.2) is 0 Å². The van der Waals surface area contributed by atoms with Crippen molar-refractivity contribution in [3.05, 3.63) is 0 Å². The van der Waals surface area contributed by atoms with Gasteiger partial charge in [0.25, 0.3) is 0 Å². The van der Waals surface area contributed by atoms with E-state index in [1.165, 1.54) is 0 Å². The summed E-state index contributed by atoms with van der Waals surface area (Å²) in [5, 5.41) is 5.47. The normalized spacial score (nSPS) is 23.0. The number of ether oxygens (including phenoxy) is 1. The third-order valence-electron chi connectivity index (χ3n) is 4.89. The van der Waals surface area contributed by atoms with Crippen molar-refractivity contribution in [3.8, 4) is 0 Å². The minimum absolute atomic E-state index is 0.00124. The lowest BCUT2D eigenvalue weighted by atomic mass is 9.82.